The predicted molar refractivity (Wildman–Crippen MR) is 67.1 cm³/mol. The molecule has 88 valence electrons. The van der Waals surface area contributed by atoms with Crippen LogP contribution < -0.4 is 16.0 Å². The van der Waals surface area contributed by atoms with E-state index in [0.29, 0.717) is 0 Å². The standard InChI is InChI=1S/C13H20N2O/c1-3-7-12(15-14)11-8-5-6-9-13(11)16-10-4-2/h3,5-6,8-9,12,15H,1,4,7,10,14H2,2H3. The fraction of sp³-hybridized carbons (Fsp3) is 0.385. The molecule has 0 bridgehead atoms. The van der Waals surface area contributed by atoms with Crippen LogP contribution in [0.15, 0.2) is 36.9 Å². The average molecular weight is 220 g/mol. The minimum absolute atomic E-state index is 0.0607. The number of nitrogens with one attached hydrogen (secondary N) is 1. The molecular weight excluding hydrogens is 200 g/mol. The van der Waals surface area contributed by atoms with E-state index in [4.69, 9.17) is 10.6 Å². The molecule has 3 heteroatoms. The number of benzene rings is 1. The summed E-state index contributed by atoms with van der Waals surface area (Å²) >= 11 is 0. The number of hydrazine groups is 1. The van der Waals surface area contributed by atoms with Crippen LogP contribution in [-0.4, -0.2) is 6.61 Å². The molecule has 1 aromatic carbocycles. The number of hydrogen-bond donors (Lipinski definition) is 2. The van der Waals surface area contributed by atoms with Gasteiger partial charge >= 0.3 is 0 Å². The first-order valence-corrected chi connectivity index (χ1v) is 5.62. The summed E-state index contributed by atoms with van der Waals surface area (Å²) in [4.78, 5) is 0. The minimum atomic E-state index is 0.0607. The molecule has 0 amide bonds. The van der Waals surface area contributed by atoms with Gasteiger partial charge in [-0.25, -0.2) is 0 Å². The lowest BCUT2D eigenvalue weighted by molar-refractivity contribution is 0.310. The molecule has 1 aromatic rings. The van der Waals surface area contributed by atoms with Crippen molar-refractivity contribution in [3.63, 3.8) is 0 Å². The molecule has 0 aromatic heterocycles. The Kier molecular flexibility index (Phi) is 5.61. The van der Waals surface area contributed by atoms with Crippen molar-refractivity contribution >= 4 is 0 Å². The van der Waals surface area contributed by atoms with E-state index in [2.05, 4.69) is 18.9 Å². The Morgan fingerprint density at radius 1 is 1.50 bits per heavy atom. The molecule has 1 atom stereocenters. The molecule has 0 saturated heterocycles. The first-order valence-electron chi connectivity index (χ1n) is 5.62. The fourth-order valence-electron chi connectivity index (χ4n) is 1.56. The molecule has 0 heterocycles. The smallest absolute Gasteiger partial charge is 0.124 e. The Morgan fingerprint density at radius 2 is 2.25 bits per heavy atom. The maximum atomic E-state index is 5.69. The van der Waals surface area contributed by atoms with E-state index in [1.165, 1.54) is 0 Å². The molecule has 0 fully saturated rings. The fourth-order valence-corrected chi connectivity index (χ4v) is 1.56. The molecule has 0 aliphatic carbocycles. The lowest BCUT2D eigenvalue weighted by Crippen LogP contribution is -2.28. The number of para-hydroxylation sites is 1. The zero-order chi connectivity index (χ0) is 11.8. The SMILES string of the molecule is C=CCC(NN)c1ccccc1OCCC. The topological polar surface area (TPSA) is 47.3 Å². The third kappa shape index (κ3) is 3.36. The van der Waals surface area contributed by atoms with Crippen LogP contribution in [0.2, 0.25) is 0 Å². The summed E-state index contributed by atoms with van der Waals surface area (Å²) in [7, 11) is 0. The lowest BCUT2D eigenvalue weighted by Gasteiger charge is -2.18. The van der Waals surface area contributed by atoms with Gasteiger partial charge in [0.05, 0.1) is 12.6 Å². The highest BCUT2D eigenvalue weighted by Crippen LogP contribution is 2.26. The molecule has 3 N–H and O–H groups in total. The molecular formula is C13H20N2O. The lowest BCUT2D eigenvalue weighted by atomic mass is 10.0. The van der Waals surface area contributed by atoms with Gasteiger partial charge in [0.2, 0.25) is 0 Å². The second-order valence-electron chi connectivity index (χ2n) is 3.63. The van der Waals surface area contributed by atoms with Gasteiger partial charge in [-0.15, -0.1) is 6.58 Å². The Balaban J connectivity index is 2.86. The third-order valence-corrected chi connectivity index (χ3v) is 2.36. The van der Waals surface area contributed by atoms with Crippen LogP contribution in [0.1, 0.15) is 31.4 Å². The van der Waals surface area contributed by atoms with Crippen LogP contribution in [0.5, 0.6) is 5.75 Å². The summed E-state index contributed by atoms with van der Waals surface area (Å²) < 4.78 is 5.69. The summed E-state index contributed by atoms with van der Waals surface area (Å²) in [5.74, 6) is 6.43. The zero-order valence-electron chi connectivity index (χ0n) is 9.78. The average Bonchev–Trinajstić information content (AvgIpc) is 2.34. The number of ether oxygens (including phenoxy) is 1. The molecule has 0 aliphatic rings. The maximum Gasteiger partial charge on any atom is 0.124 e. The van der Waals surface area contributed by atoms with E-state index in [1.807, 2.05) is 30.3 Å². The van der Waals surface area contributed by atoms with Gasteiger partial charge in [-0.3, -0.25) is 11.3 Å². The van der Waals surface area contributed by atoms with E-state index in [1.54, 1.807) is 0 Å². The normalized spacial score (nSPS) is 12.1. The van der Waals surface area contributed by atoms with Crippen molar-refractivity contribution < 1.29 is 4.74 Å². The molecule has 0 radical (unpaired) electrons. The Morgan fingerprint density at radius 3 is 2.88 bits per heavy atom. The first-order chi connectivity index (χ1) is 7.83. The van der Waals surface area contributed by atoms with Crippen LogP contribution >= 0.6 is 0 Å². The molecule has 0 aliphatic heterocycles. The number of nitrogens with two attached hydrogens (primary N) is 1. The highest BCUT2D eigenvalue weighted by atomic mass is 16.5. The van der Waals surface area contributed by atoms with E-state index in [-0.39, 0.29) is 6.04 Å². The summed E-state index contributed by atoms with van der Waals surface area (Å²) in [6.45, 7) is 6.54. The maximum absolute atomic E-state index is 5.69. The summed E-state index contributed by atoms with van der Waals surface area (Å²) in [5.41, 5.74) is 3.87. The van der Waals surface area contributed by atoms with Gasteiger partial charge in [-0.1, -0.05) is 31.2 Å². The van der Waals surface area contributed by atoms with E-state index >= 15 is 0 Å². The quantitative estimate of drug-likeness (QED) is 0.422. The van der Waals surface area contributed by atoms with Crippen LogP contribution in [0, 0.1) is 0 Å². The van der Waals surface area contributed by atoms with Crippen LogP contribution in [0.3, 0.4) is 0 Å². The van der Waals surface area contributed by atoms with Gasteiger partial charge in [0, 0.05) is 5.56 Å². The van der Waals surface area contributed by atoms with Crippen molar-refractivity contribution in [3.8, 4) is 5.75 Å². The molecule has 3 nitrogen and oxygen atoms in total. The second-order valence-corrected chi connectivity index (χ2v) is 3.63. The minimum Gasteiger partial charge on any atom is -0.493 e. The van der Waals surface area contributed by atoms with Gasteiger partial charge in [0.25, 0.3) is 0 Å². The van der Waals surface area contributed by atoms with Crippen molar-refractivity contribution in [2.45, 2.75) is 25.8 Å². The molecule has 0 spiro atoms. The van der Waals surface area contributed by atoms with Gasteiger partial charge in [0.15, 0.2) is 0 Å². The highest BCUT2D eigenvalue weighted by Gasteiger charge is 2.12. The number of rotatable bonds is 7. The predicted octanol–water partition coefficient (Wildman–Crippen LogP) is 2.56. The Hall–Kier alpha value is -1.32. The Bertz CT molecular complexity index is 325. The highest BCUT2D eigenvalue weighted by molar-refractivity contribution is 5.36. The summed E-state index contributed by atoms with van der Waals surface area (Å²) in [6.07, 6.45) is 3.63. The van der Waals surface area contributed by atoms with Crippen molar-refractivity contribution in [1.82, 2.24) is 5.43 Å². The van der Waals surface area contributed by atoms with Crippen LogP contribution in [-0.2, 0) is 0 Å². The van der Waals surface area contributed by atoms with E-state index in [9.17, 15) is 0 Å². The van der Waals surface area contributed by atoms with Crippen LogP contribution in [0.25, 0.3) is 0 Å². The van der Waals surface area contributed by atoms with Gasteiger partial charge in [-0.05, 0) is 18.9 Å². The van der Waals surface area contributed by atoms with Crippen molar-refractivity contribution in [1.29, 1.82) is 0 Å². The summed E-state index contributed by atoms with van der Waals surface area (Å²) in [6, 6.07) is 8.01. The third-order valence-electron chi connectivity index (χ3n) is 2.36. The van der Waals surface area contributed by atoms with Crippen LogP contribution in [0.4, 0.5) is 0 Å². The van der Waals surface area contributed by atoms with E-state index in [0.717, 1.165) is 30.8 Å². The van der Waals surface area contributed by atoms with Gasteiger partial charge in [-0.2, -0.15) is 0 Å². The zero-order valence-corrected chi connectivity index (χ0v) is 9.78. The molecule has 1 unspecified atom stereocenters. The van der Waals surface area contributed by atoms with Crippen molar-refractivity contribution in [2.24, 2.45) is 5.84 Å². The van der Waals surface area contributed by atoms with Gasteiger partial charge < -0.3 is 4.74 Å². The van der Waals surface area contributed by atoms with Crippen molar-refractivity contribution in [2.75, 3.05) is 6.61 Å². The first kappa shape index (κ1) is 12.7. The second kappa shape index (κ2) is 7.04. The molecule has 1 rings (SSSR count). The number of hydrogen-bond acceptors (Lipinski definition) is 3. The van der Waals surface area contributed by atoms with E-state index < -0.39 is 0 Å². The van der Waals surface area contributed by atoms with Gasteiger partial charge in [0.1, 0.15) is 5.75 Å². The Labute approximate surface area is 97.3 Å². The largest absolute Gasteiger partial charge is 0.493 e. The molecule has 0 saturated carbocycles. The van der Waals surface area contributed by atoms with Crippen molar-refractivity contribution in [3.05, 3.63) is 42.5 Å². The summed E-state index contributed by atoms with van der Waals surface area (Å²) in [5, 5.41) is 0. The monoisotopic (exact) mass is 220 g/mol. The molecule has 16 heavy (non-hydrogen) atoms.